The van der Waals surface area contributed by atoms with Crippen LogP contribution in [0.1, 0.15) is 32.8 Å². The summed E-state index contributed by atoms with van der Waals surface area (Å²) >= 11 is 0. The molecule has 0 atom stereocenters. The molecule has 0 aliphatic carbocycles. The number of hydrogen-bond acceptors (Lipinski definition) is 3. The smallest absolute Gasteiger partial charge is 0.243 e. The van der Waals surface area contributed by atoms with Crippen molar-refractivity contribution in [2.75, 3.05) is 13.6 Å². The van der Waals surface area contributed by atoms with E-state index in [4.69, 9.17) is 0 Å². The van der Waals surface area contributed by atoms with Crippen LogP contribution in [0.3, 0.4) is 0 Å². The van der Waals surface area contributed by atoms with Crippen molar-refractivity contribution in [3.05, 3.63) is 29.6 Å². The summed E-state index contributed by atoms with van der Waals surface area (Å²) in [5.74, 6) is -0.542. The van der Waals surface area contributed by atoms with Crippen LogP contribution in [0.5, 0.6) is 0 Å². The van der Waals surface area contributed by atoms with E-state index in [9.17, 15) is 12.8 Å². The van der Waals surface area contributed by atoms with Gasteiger partial charge in [-0.15, -0.1) is 0 Å². The zero-order valence-electron chi connectivity index (χ0n) is 12.5. The van der Waals surface area contributed by atoms with Gasteiger partial charge in [-0.1, -0.05) is 13.0 Å². The van der Waals surface area contributed by atoms with Crippen LogP contribution in [-0.2, 0) is 16.6 Å². The second-order valence-corrected chi connectivity index (χ2v) is 7.01. The number of sulfonamides is 1. The van der Waals surface area contributed by atoms with Gasteiger partial charge in [-0.3, -0.25) is 0 Å². The van der Waals surface area contributed by atoms with Crippen molar-refractivity contribution in [3.63, 3.8) is 0 Å². The molecule has 114 valence electrons. The highest BCUT2D eigenvalue weighted by Crippen LogP contribution is 2.22. The van der Waals surface area contributed by atoms with Gasteiger partial charge in [-0.2, -0.15) is 4.31 Å². The first-order valence-electron chi connectivity index (χ1n) is 6.77. The minimum atomic E-state index is -3.68. The molecule has 1 N–H and O–H groups in total. The van der Waals surface area contributed by atoms with Crippen molar-refractivity contribution >= 4 is 10.0 Å². The van der Waals surface area contributed by atoms with Gasteiger partial charge >= 0.3 is 0 Å². The van der Waals surface area contributed by atoms with Gasteiger partial charge in [-0.05, 0) is 44.5 Å². The summed E-state index contributed by atoms with van der Waals surface area (Å²) in [7, 11) is -2.17. The number of halogens is 1. The van der Waals surface area contributed by atoms with E-state index in [-0.39, 0.29) is 10.9 Å². The van der Waals surface area contributed by atoms with E-state index in [2.05, 4.69) is 5.32 Å². The third-order valence-electron chi connectivity index (χ3n) is 3.16. The highest BCUT2D eigenvalue weighted by molar-refractivity contribution is 7.89. The zero-order valence-corrected chi connectivity index (χ0v) is 13.3. The average molecular weight is 302 g/mol. The van der Waals surface area contributed by atoms with E-state index in [0.717, 1.165) is 19.0 Å². The number of nitrogens with zero attached hydrogens (tertiary/aromatic N) is 1. The maximum Gasteiger partial charge on any atom is 0.243 e. The van der Waals surface area contributed by atoms with Crippen LogP contribution in [-0.4, -0.2) is 32.4 Å². The van der Waals surface area contributed by atoms with Crippen LogP contribution in [0, 0.1) is 5.82 Å². The maximum absolute atomic E-state index is 13.4. The normalized spacial score (nSPS) is 12.3. The molecular formula is C14H23FN2O2S. The molecule has 0 radical (unpaired) electrons. The molecule has 6 heteroatoms. The fraction of sp³-hybridized carbons (Fsp3) is 0.571. The van der Waals surface area contributed by atoms with Crippen molar-refractivity contribution in [1.82, 2.24) is 9.62 Å². The molecule has 0 fully saturated rings. The standard InChI is InChI=1S/C14H23FN2O2S/c1-5-8-16-10-12-6-7-13(15)9-14(12)20(18,19)17(4)11(2)3/h6-7,9,11,16H,5,8,10H2,1-4H3. The number of rotatable bonds is 7. The second kappa shape index (κ2) is 7.15. The minimum absolute atomic E-state index is 0.0392. The third kappa shape index (κ3) is 4.01. The Bertz CT molecular complexity index is 544. The zero-order chi connectivity index (χ0) is 15.3. The van der Waals surface area contributed by atoms with Gasteiger partial charge in [-0.25, -0.2) is 12.8 Å². The van der Waals surface area contributed by atoms with Crippen molar-refractivity contribution < 1.29 is 12.8 Å². The molecule has 1 rings (SSSR count). The van der Waals surface area contributed by atoms with Gasteiger partial charge in [0.15, 0.2) is 0 Å². The lowest BCUT2D eigenvalue weighted by molar-refractivity contribution is 0.409. The molecule has 0 unspecified atom stereocenters. The Morgan fingerprint density at radius 3 is 2.55 bits per heavy atom. The fourth-order valence-electron chi connectivity index (χ4n) is 1.75. The first kappa shape index (κ1) is 17.1. The summed E-state index contributed by atoms with van der Waals surface area (Å²) in [6.45, 7) is 6.80. The minimum Gasteiger partial charge on any atom is -0.313 e. The van der Waals surface area contributed by atoms with Crippen LogP contribution in [0.4, 0.5) is 4.39 Å². The van der Waals surface area contributed by atoms with Gasteiger partial charge in [0.05, 0.1) is 4.90 Å². The third-order valence-corrected chi connectivity index (χ3v) is 5.27. The Kier molecular flexibility index (Phi) is 6.10. The van der Waals surface area contributed by atoms with Gasteiger partial charge in [0.1, 0.15) is 5.82 Å². The Morgan fingerprint density at radius 1 is 1.35 bits per heavy atom. The predicted molar refractivity (Wildman–Crippen MR) is 78.5 cm³/mol. The van der Waals surface area contributed by atoms with Crippen molar-refractivity contribution in [2.45, 2.75) is 44.7 Å². The summed E-state index contributed by atoms with van der Waals surface area (Å²) in [5, 5.41) is 3.15. The first-order valence-corrected chi connectivity index (χ1v) is 8.21. The number of benzene rings is 1. The highest BCUT2D eigenvalue weighted by atomic mass is 32.2. The number of hydrogen-bond donors (Lipinski definition) is 1. The molecule has 0 saturated heterocycles. The molecule has 0 spiro atoms. The number of nitrogens with one attached hydrogen (secondary N) is 1. The molecule has 4 nitrogen and oxygen atoms in total. The fourth-order valence-corrected chi connectivity index (χ4v) is 3.35. The molecular weight excluding hydrogens is 279 g/mol. The molecule has 1 aromatic rings. The Labute approximate surface area is 121 Å². The van der Waals surface area contributed by atoms with Crippen LogP contribution in [0.2, 0.25) is 0 Å². The summed E-state index contributed by atoms with van der Waals surface area (Å²) < 4.78 is 39.7. The summed E-state index contributed by atoms with van der Waals surface area (Å²) in [4.78, 5) is 0.0392. The van der Waals surface area contributed by atoms with E-state index in [1.165, 1.54) is 23.5 Å². The molecule has 0 amide bonds. The molecule has 0 aliphatic rings. The first-order chi connectivity index (χ1) is 9.30. The van der Waals surface area contributed by atoms with Crippen molar-refractivity contribution in [2.24, 2.45) is 0 Å². The molecule has 0 heterocycles. The Balaban J connectivity index is 3.17. The Morgan fingerprint density at radius 2 is 2.00 bits per heavy atom. The lowest BCUT2D eigenvalue weighted by atomic mass is 10.2. The average Bonchev–Trinajstić information content (AvgIpc) is 2.39. The quantitative estimate of drug-likeness (QED) is 0.787. The van der Waals surface area contributed by atoms with Crippen LogP contribution in [0.25, 0.3) is 0 Å². The van der Waals surface area contributed by atoms with E-state index in [1.54, 1.807) is 13.8 Å². The van der Waals surface area contributed by atoms with Gasteiger partial charge in [0.2, 0.25) is 10.0 Å². The molecule has 20 heavy (non-hydrogen) atoms. The lowest BCUT2D eigenvalue weighted by Crippen LogP contribution is -2.34. The molecule has 0 bridgehead atoms. The SMILES string of the molecule is CCCNCc1ccc(F)cc1S(=O)(=O)N(C)C(C)C. The highest BCUT2D eigenvalue weighted by Gasteiger charge is 2.26. The van der Waals surface area contributed by atoms with Crippen LogP contribution >= 0.6 is 0 Å². The van der Waals surface area contributed by atoms with E-state index >= 15 is 0 Å². The molecule has 0 aliphatic heterocycles. The lowest BCUT2D eigenvalue weighted by Gasteiger charge is -2.22. The second-order valence-electron chi connectivity index (χ2n) is 5.04. The summed E-state index contributed by atoms with van der Waals surface area (Å²) in [6, 6.07) is 3.73. The van der Waals surface area contributed by atoms with Gasteiger partial charge in [0.25, 0.3) is 0 Å². The molecule has 1 aromatic carbocycles. The summed E-state index contributed by atoms with van der Waals surface area (Å²) in [5.41, 5.74) is 0.590. The van der Waals surface area contributed by atoms with E-state index in [1.807, 2.05) is 6.92 Å². The van der Waals surface area contributed by atoms with Gasteiger partial charge in [0, 0.05) is 19.6 Å². The topological polar surface area (TPSA) is 49.4 Å². The van der Waals surface area contributed by atoms with Crippen molar-refractivity contribution in [3.8, 4) is 0 Å². The molecule has 0 aromatic heterocycles. The van der Waals surface area contributed by atoms with E-state index in [0.29, 0.717) is 12.1 Å². The van der Waals surface area contributed by atoms with E-state index < -0.39 is 15.8 Å². The van der Waals surface area contributed by atoms with Crippen LogP contribution < -0.4 is 5.32 Å². The monoisotopic (exact) mass is 302 g/mol. The largest absolute Gasteiger partial charge is 0.313 e. The van der Waals surface area contributed by atoms with Gasteiger partial charge < -0.3 is 5.32 Å². The predicted octanol–water partition coefficient (Wildman–Crippen LogP) is 2.35. The van der Waals surface area contributed by atoms with Crippen molar-refractivity contribution in [1.29, 1.82) is 0 Å². The maximum atomic E-state index is 13.4. The van der Waals surface area contributed by atoms with Crippen LogP contribution in [0.15, 0.2) is 23.1 Å². The molecule has 0 saturated carbocycles. The summed E-state index contributed by atoms with van der Waals surface area (Å²) in [6.07, 6.45) is 0.954. The Hall–Kier alpha value is -0.980.